The molecule has 0 aliphatic carbocycles. The lowest BCUT2D eigenvalue weighted by Crippen LogP contribution is -2.18. The molecule has 0 atom stereocenters. The summed E-state index contributed by atoms with van der Waals surface area (Å²) in [4.78, 5) is 66.4. The van der Waals surface area contributed by atoms with Crippen molar-refractivity contribution in [3.8, 4) is 0 Å². The third-order valence-electron chi connectivity index (χ3n) is 4.51. The number of hydrogen-bond donors (Lipinski definition) is 2. The lowest BCUT2D eigenvalue weighted by Gasteiger charge is -2.07. The van der Waals surface area contributed by atoms with Gasteiger partial charge in [0.2, 0.25) is 0 Å². The summed E-state index contributed by atoms with van der Waals surface area (Å²) >= 11 is 0. The Morgan fingerprint density at radius 1 is 0.700 bits per heavy atom. The molecule has 216 valence electrons. The van der Waals surface area contributed by atoms with Crippen molar-refractivity contribution in [2.24, 2.45) is 0 Å². The van der Waals surface area contributed by atoms with Gasteiger partial charge in [-0.05, 0) is 38.1 Å². The van der Waals surface area contributed by atoms with Gasteiger partial charge in [0, 0.05) is 26.4 Å². The van der Waals surface area contributed by atoms with Gasteiger partial charge in [0.25, 0.3) is 23.2 Å². The minimum Gasteiger partial charge on any atom is -0.462 e. The fourth-order valence-corrected chi connectivity index (χ4v) is 2.91. The van der Waals surface area contributed by atoms with E-state index in [1.807, 2.05) is 0 Å². The maximum Gasteiger partial charge on any atom is 0.338 e. The van der Waals surface area contributed by atoms with Crippen molar-refractivity contribution in [1.82, 2.24) is 0 Å². The van der Waals surface area contributed by atoms with Crippen LogP contribution in [0.1, 0.15) is 34.6 Å². The second-order valence-electron chi connectivity index (χ2n) is 7.38. The van der Waals surface area contributed by atoms with E-state index in [2.05, 4.69) is 20.1 Å². The number of rotatable bonds is 12. The Bertz CT molecular complexity index is 1150. The number of nitro benzene ring substituents is 2. The molecule has 0 aliphatic heterocycles. The van der Waals surface area contributed by atoms with Crippen LogP contribution in [0.5, 0.6) is 0 Å². The molecule has 0 aliphatic rings. The van der Waals surface area contributed by atoms with Gasteiger partial charge >= 0.3 is 11.9 Å². The van der Waals surface area contributed by atoms with Crippen LogP contribution in [0.25, 0.3) is 0 Å². The molecule has 16 nitrogen and oxygen atoms in total. The van der Waals surface area contributed by atoms with Gasteiger partial charge in [0.15, 0.2) is 0 Å². The van der Waals surface area contributed by atoms with Crippen molar-refractivity contribution in [3.05, 3.63) is 67.8 Å². The zero-order valence-corrected chi connectivity index (χ0v) is 22.1. The standard InChI is InChI=1S/2C12H14N2O6/c2*1-3-20-12(16)8-4-5-10(14(17)18)9(6-8)13-11(15)7-19-2/h2*4-6H,3,7H2,1-2H3,(H,13,15). The van der Waals surface area contributed by atoms with Crippen LogP contribution in [0, 0.1) is 20.2 Å². The first-order chi connectivity index (χ1) is 19.0. The summed E-state index contributed by atoms with van der Waals surface area (Å²) in [7, 11) is 2.64. The van der Waals surface area contributed by atoms with E-state index in [1.54, 1.807) is 13.8 Å². The summed E-state index contributed by atoms with van der Waals surface area (Å²) in [5.74, 6) is -2.36. The number of nitrogens with zero attached hydrogens (tertiary/aromatic N) is 2. The fourth-order valence-electron chi connectivity index (χ4n) is 2.91. The molecule has 0 saturated carbocycles. The zero-order valence-electron chi connectivity index (χ0n) is 22.1. The number of ether oxygens (including phenoxy) is 4. The molecule has 0 aromatic heterocycles. The van der Waals surface area contributed by atoms with E-state index in [1.165, 1.54) is 38.5 Å². The Hall–Kier alpha value is -4.96. The van der Waals surface area contributed by atoms with Crippen LogP contribution in [0.15, 0.2) is 36.4 Å². The summed E-state index contributed by atoms with van der Waals surface area (Å²) in [5, 5.41) is 26.4. The molecule has 0 radical (unpaired) electrons. The molecule has 0 fully saturated rings. The molecule has 2 N–H and O–H groups in total. The predicted molar refractivity (Wildman–Crippen MR) is 139 cm³/mol. The van der Waals surface area contributed by atoms with Gasteiger partial charge in [0.1, 0.15) is 24.6 Å². The largest absolute Gasteiger partial charge is 0.462 e. The number of benzene rings is 2. The van der Waals surface area contributed by atoms with Crippen LogP contribution in [-0.2, 0) is 28.5 Å². The molecule has 2 rings (SSSR count). The quantitative estimate of drug-likeness (QED) is 0.216. The van der Waals surface area contributed by atoms with Gasteiger partial charge in [-0.2, -0.15) is 0 Å². The second-order valence-corrected chi connectivity index (χ2v) is 7.38. The maximum absolute atomic E-state index is 11.6. The van der Waals surface area contributed by atoms with E-state index < -0.39 is 33.6 Å². The highest BCUT2D eigenvalue weighted by atomic mass is 16.6. The van der Waals surface area contributed by atoms with Crippen LogP contribution >= 0.6 is 0 Å². The third kappa shape index (κ3) is 10.4. The number of nitrogens with one attached hydrogen (secondary N) is 2. The number of esters is 2. The lowest BCUT2D eigenvalue weighted by atomic mass is 10.1. The lowest BCUT2D eigenvalue weighted by molar-refractivity contribution is -0.384. The Balaban J connectivity index is 0.000000400. The van der Waals surface area contributed by atoms with Gasteiger partial charge in [-0.25, -0.2) is 9.59 Å². The van der Waals surface area contributed by atoms with Gasteiger partial charge < -0.3 is 29.6 Å². The number of anilines is 2. The number of nitro groups is 2. The van der Waals surface area contributed by atoms with Crippen LogP contribution in [-0.4, -0.2) is 74.2 Å². The molecule has 16 heteroatoms. The average molecular weight is 565 g/mol. The van der Waals surface area contributed by atoms with Crippen LogP contribution in [0.4, 0.5) is 22.7 Å². The van der Waals surface area contributed by atoms with Crippen molar-refractivity contribution >= 4 is 46.5 Å². The molecule has 0 heterocycles. The molecule has 0 unspecified atom stereocenters. The van der Waals surface area contributed by atoms with Crippen molar-refractivity contribution in [2.45, 2.75) is 13.8 Å². The topological polar surface area (TPSA) is 216 Å². The van der Waals surface area contributed by atoms with E-state index in [0.717, 1.165) is 12.1 Å². The number of carbonyl (C=O) groups is 4. The highest BCUT2D eigenvalue weighted by Crippen LogP contribution is 2.27. The zero-order chi connectivity index (χ0) is 30.2. The molecule has 40 heavy (non-hydrogen) atoms. The summed E-state index contributed by atoms with van der Waals surface area (Å²) in [6, 6.07) is 7.20. The SMILES string of the molecule is CCOC(=O)c1ccc([N+](=O)[O-])c(NC(=O)COC)c1.CCOC(=O)c1ccc([N+](=O)[O-])c(NC(=O)COC)c1. The van der Waals surface area contributed by atoms with Gasteiger partial charge in [-0.1, -0.05) is 0 Å². The average Bonchev–Trinajstić information content (AvgIpc) is 2.89. The first-order valence-corrected chi connectivity index (χ1v) is 11.5. The molecule has 0 bridgehead atoms. The van der Waals surface area contributed by atoms with E-state index in [9.17, 15) is 39.4 Å². The van der Waals surface area contributed by atoms with Crippen molar-refractivity contribution in [3.63, 3.8) is 0 Å². The van der Waals surface area contributed by atoms with Crippen molar-refractivity contribution in [1.29, 1.82) is 0 Å². The minimum absolute atomic E-state index is 0.0809. The highest BCUT2D eigenvalue weighted by molar-refractivity contribution is 5.98. The Labute approximate surface area is 227 Å². The minimum atomic E-state index is -0.655. The third-order valence-corrected chi connectivity index (χ3v) is 4.51. The van der Waals surface area contributed by atoms with Gasteiger partial charge in [-0.15, -0.1) is 0 Å². The molecule has 2 amide bonds. The number of hydrogen-bond acceptors (Lipinski definition) is 12. The van der Waals surface area contributed by atoms with Gasteiger partial charge in [0.05, 0.1) is 34.2 Å². The highest BCUT2D eigenvalue weighted by Gasteiger charge is 2.20. The van der Waals surface area contributed by atoms with Crippen LogP contribution in [0.3, 0.4) is 0 Å². The van der Waals surface area contributed by atoms with Crippen molar-refractivity contribution in [2.75, 3.05) is 51.3 Å². The van der Waals surface area contributed by atoms with Crippen LogP contribution < -0.4 is 10.6 Å². The predicted octanol–water partition coefficient (Wildman–Crippen LogP) is 2.71. The smallest absolute Gasteiger partial charge is 0.338 e. The number of carbonyl (C=O) groups excluding carboxylic acids is 4. The first kappa shape index (κ1) is 33.1. The Morgan fingerprint density at radius 2 is 1.05 bits per heavy atom. The van der Waals surface area contributed by atoms with Crippen LogP contribution in [0.2, 0.25) is 0 Å². The number of methoxy groups -OCH3 is 2. The van der Waals surface area contributed by atoms with E-state index in [4.69, 9.17) is 9.47 Å². The van der Waals surface area contributed by atoms with E-state index in [0.29, 0.717) is 0 Å². The van der Waals surface area contributed by atoms with Crippen molar-refractivity contribution < 1.29 is 48.0 Å². The molecular weight excluding hydrogens is 536 g/mol. The molecule has 0 spiro atoms. The summed E-state index contributed by atoms with van der Waals surface area (Å²) in [5.41, 5.74) is -0.564. The molecule has 2 aromatic carbocycles. The first-order valence-electron chi connectivity index (χ1n) is 11.5. The van der Waals surface area contributed by atoms with E-state index in [-0.39, 0.29) is 60.3 Å². The van der Waals surface area contributed by atoms with Gasteiger partial charge in [-0.3, -0.25) is 29.8 Å². The summed E-state index contributed by atoms with van der Waals surface area (Å²) in [6.07, 6.45) is 0. The summed E-state index contributed by atoms with van der Waals surface area (Å²) < 4.78 is 18.8. The van der Waals surface area contributed by atoms with E-state index >= 15 is 0 Å². The fraction of sp³-hybridized carbons (Fsp3) is 0.333. The second kappa shape index (κ2) is 16.8. The monoisotopic (exact) mass is 564 g/mol. The number of amides is 2. The summed E-state index contributed by atoms with van der Waals surface area (Å²) in [6.45, 7) is 3.15. The Morgan fingerprint density at radius 3 is 1.32 bits per heavy atom. The molecule has 2 aromatic rings. The molecular formula is C24H28N4O12. The normalized spacial score (nSPS) is 9.90. The maximum atomic E-state index is 11.6. The molecule has 0 saturated heterocycles. The Kier molecular flexibility index (Phi) is 13.9.